The molecule has 0 radical (unpaired) electrons. The number of nitrogens with one attached hydrogen (secondary N) is 2. The first-order chi connectivity index (χ1) is 17.5. The van der Waals surface area contributed by atoms with Crippen molar-refractivity contribution >= 4 is 23.1 Å². The second kappa shape index (κ2) is 10.1. The highest BCUT2D eigenvalue weighted by Crippen LogP contribution is 2.29. The molecule has 3 N–H and O–H groups in total. The van der Waals surface area contributed by atoms with Crippen molar-refractivity contribution in [1.29, 1.82) is 0 Å². The Morgan fingerprint density at radius 1 is 1.24 bits per heavy atom. The Bertz CT molecular complexity index is 1490. The zero-order chi connectivity index (χ0) is 26.9. The van der Waals surface area contributed by atoms with E-state index in [0.29, 0.717) is 29.9 Å². The molecule has 37 heavy (non-hydrogen) atoms. The van der Waals surface area contributed by atoms with Gasteiger partial charge in [0, 0.05) is 12.7 Å². The monoisotopic (exact) mass is 517 g/mol. The summed E-state index contributed by atoms with van der Waals surface area (Å²) in [6, 6.07) is 4.04. The van der Waals surface area contributed by atoms with Gasteiger partial charge in [-0.3, -0.25) is 14.0 Å². The summed E-state index contributed by atoms with van der Waals surface area (Å²) in [5, 5.41) is 16.6. The van der Waals surface area contributed by atoms with E-state index in [1.165, 1.54) is 21.5 Å². The second-order valence-corrected chi connectivity index (χ2v) is 9.01. The fourth-order valence-electron chi connectivity index (χ4n) is 3.92. The van der Waals surface area contributed by atoms with Crippen molar-refractivity contribution in [3.63, 3.8) is 0 Å². The van der Waals surface area contributed by atoms with Crippen molar-refractivity contribution in [2.45, 2.75) is 52.5 Å². The van der Waals surface area contributed by atoms with Crippen LogP contribution in [0.15, 0.2) is 41.5 Å². The van der Waals surface area contributed by atoms with Crippen LogP contribution in [0.1, 0.15) is 38.3 Å². The molecule has 3 aromatic heterocycles. The molecule has 10 nitrogen and oxygen atoms in total. The number of aromatic amines is 1. The van der Waals surface area contributed by atoms with Crippen LogP contribution in [-0.4, -0.2) is 46.4 Å². The van der Waals surface area contributed by atoms with E-state index in [-0.39, 0.29) is 29.6 Å². The number of aromatic nitrogens is 6. The van der Waals surface area contributed by atoms with Crippen molar-refractivity contribution in [2.75, 3.05) is 5.32 Å². The third kappa shape index (κ3) is 5.49. The van der Waals surface area contributed by atoms with E-state index in [4.69, 9.17) is 0 Å². The van der Waals surface area contributed by atoms with Gasteiger partial charge in [-0.15, -0.1) is 0 Å². The Morgan fingerprint density at radius 2 is 2.00 bits per heavy atom. The minimum atomic E-state index is -4.44. The summed E-state index contributed by atoms with van der Waals surface area (Å²) in [7, 11) is 0. The number of nitrogens with zero attached hydrogens (tertiary/aromatic N) is 5. The molecular weight excluding hydrogens is 491 g/mol. The second-order valence-electron chi connectivity index (χ2n) is 9.01. The Morgan fingerprint density at radius 3 is 2.65 bits per heavy atom. The maximum Gasteiger partial charge on any atom is 0.416 e. The van der Waals surface area contributed by atoms with Gasteiger partial charge in [-0.1, -0.05) is 32.9 Å². The molecule has 0 aliphatic heterocycles. The fourth-order valence-corrected chi connectivity index (χ4v) is 3.92. The molecule has 0 amide bonds. The first-order valence-corrected chi connectivity index (χ1v) is 11.7. The predicted octanol–water partition coefficient (Wildman–Crippen LogP) is 3.98. The van der Waals surface area contributed by atoms with Crippen LogP contribution in [-0.2, 0) is 24.1 Å². The van der Waals surface area contributed by atoms with Gasteiger partial charge < -0.3 is 15.4 Å². The van der Waals surface area contributed by atoms with Crippen LogP contribution in [0.3, 0.4) is 0 Å². The molecule has 0 saturated carbocycles. The minimum absolute atomic E-state index is 0.103. The summed E-state index contributed by atoms with van der Waals surface area (Å²) >= 11 is 0. The summed E-state index contributed by atoms with van der Waals surface area (Å²) in [5.74, 6) is -0.923. The highest BCUT2D eigenvalue weighted by Gasteiger charge is 2.30. The highest BCUT2D eigenvalue weighted by molar-refractivity contribution is 5.79. The molecule has 13 heteroatoms. The largest absolute Gasteiger partial charge is 0.480 e. The number of benzene rings is 1. The molecule has 1 aromatic carbocycles. The van der Waals surface area contributed by atoms with Gasteiger partial charge in [0.2, 0.25) is 5.95 Å². The van der Waals surface area contributed by atoms with E-state index >= 15 is 0 Å². The lowest BCUT2D eigenvalue weighted by Crippen LogP contribution is -2.37. The van der Waals surface area contributed by atoms with Gasteiger partial charge in [0.15, 0.2) is 11.2 Å². The number of hydrogen-bond acceptors (Lipinski definition) is 6. The molecule has 1 atom stereocenters. The van der Waals surface area contributed by atoms with Gasteiger partial charge in [-0.25, -0.2) is 9.78 Å². The normalized spacial score (nSPS) is 12.8. The molecule has 196 valence electrons. The number of carboxylic acid groups (broad SMARTS) is 1. The highest BCUT2D eigenvalue weighted by atomic mass is 19.4. The third-order valence-corrected chi connectivity index (χ3v) is 5.78. The number of H-pyrrole nitrogens is 1. The average molecular weight is 518 g/mol. The average Bonchev–Trinajstić information content (AvgIpc) is 3.46. The molecule has 0 saturated heterocycles. The number of hydrogen-bond donors (Lipinski definition) is 3. The van der Waals surface area contributed by atoms with E-state index < -0.39 is 29.3 Å². The number of anilines is 1. The Kier molecular flexibility index (Phi) is 7.05. The van der Waals surface area contributed by atoms with E-state index in [0.717, 1.165) is 12.1 Å². The van der Waals surface area contributed by atoms with E-state index in [9.17, 15) is 27.9 Å². The van der Waals surface area contributed by atoms with Crippen LogP contribution in [0, 0.1) is 5.92 Å². The summed E-state index contributed by atoms with van der Waals surface area (Å²) in [6.07, 6.45) is -0.746. The summed E-state index contributed by atoms with van der Waals surface area (Å²) < 4.78 is 41.9. The maximum atomic E-state index is 13.2. The number of aliphatic carboxylic acids is 1. The van der Waals surface area contributed by atoms with Gasteiger partial charge in [-0.2, -0.15) is 23.3 Å². The van der Waals surface area contributed by atoms with Gasteiger partial charge in [0.05, 0.1) is 23.9 Å². The van der Waals surface area contributed by atoms with Gasteiger partial charge in [0.25, 0.3) is 5.56 Å². The van der Waals surface area contributed by atoms with Crippen LogP contribution in [0.2, 0.25) is 0 Å². The summed E-state index contributed by atoms with van der Waals surface area (Å²) in [4.78, 5) is 36.7. The number of carbonyl (C=O) groups is 1. The Labute approximate surface area is 209 Å². The van der Waals surface area contributed by atoms with Crippen molar-refractivity contribution in [2.24, 2.45) is 5.92 Å². The SMILES string of the molecule is CCCn1c(NC(C(=O)O)C(C)C)nc2nc(-c3cnn(Cc4cccc(C(F)(F)F)c4)c3)[nH]c2c1=O. The minimum Gasteiger partial charge on any atom is -0.480 e. The molecule has 4 aromatic rings. The van der Waals surface area contributed by atoms with Crippen LogP contribution in [0.5, 0.6) is 0 Å². The van der Waals surface area contributed by atoms with Crippen LogP contribution < -0.4 is 10.9 Å². The number of imidazole rings is 1. The molecule has 0 aliphatic rings. The molecule has 0 spiro atoms. The summed E-state index contributed by atoms with van der Waals surface area (Å²) in [5.41, 5.74) is 0.0384. The zero-order valence-corrected chi connectivity index (χ0v) is 20.4. The van der Waals surface area contributed by atoms with E-state index in [1.807, 2.05) is 6.92 Å². The topological polar surface area (TPSA) is 131 Å². The Balaban J connectivity index is 1.67. The fraction of sp³-hybridized carbons (Fsp3) is 0.375. The van der Waals surface area contributed by atoms with Crippen molar-refractivity contribution < 1.29 is 23.1 Å². The lowest BCUT2D eigenvalue weighted by molar-refractivity contribution is -0.139. The standard InChI is InChI=1S/C24H26F3N7O3/c1-4-8-34-21(35)18-20(32-23(34)30-17(13(2)3)22(36)37)31-19(29-18)15-10-28-33(12-15)11-14-6-5-7-16(9-14)24(25,26)27/h5-7,9-10,12-13,17H,4,8,11H2,1-3H3,(H,29,31)(H,30,32)(H,36,37). The van der Waals surface area contributed by atoms with Crippen molar-refractivity contribution in [3.05, 3.63) is 58.1 Å². The van der Waals surface area contributed by atoms with E-state index in [1.54, 1.807) is 26.1 Å². The van der Waals surface area contributed by atoms with Crippen LogP contribution in [0.4, 0.5) is 19.1 Å². The number of halogens is 3. The molecule has 3 heterocycles. The molecule has 4 rings (SSSR count). The quantitative estimate of drug-likeness (QED) is 0.306. The number of rotatable bonds is 9. The number of alkyl halides is 3. The number of fused-ring (bicyclic) bond motifs is 1. The lowest BCUT2D eigenvalue weighted by atomic mass is 10.1. The molecule has 1 unspecified atom stereocenters. The van der Waals surface area contributed by atoms with Crippen LogP contribution >= 0.6 is 0 Å². The Hall–Kier alpha value is -4.16. The van der Waals surface area contributed by atoms with Crippen LogP contribution in [0.25, 0.3) is 22.6 Å². The molecule has 0 aliphatic carbocycles. The van der Waals surface area contributed by atoms with Gasteiger partial charge >= 0.3 is 12.1 Å². The zero-order valence-electron chi connectivity index (χ0n) is 20.4. The van der Waals surface area contributed by atoms with Crippen molar-refractivity contribution in [3.8, 4) is 11.4 Å². The molecule has 0 bridgehead atoms. The molecular formula is C24H26F3N7O3. The lowest BCUT2D eigenvalue weighted by Gasteiger charge is -2.20. The maximum absolute atomic E-state index is 13.2. The summed E-state index contributed by atoms with van der Waals surface area (Å²) in [6.45, 7) is 5.80. The number of carboxylic acids is 1. The van der Waals surface area contributed by atoms with Gasteiger partial charge in [0.1, 0.15) is 11.9 Å². The van der Waals surface area contributed by atoms with Gasteiger partial charge in [-0.05, 0) is 30.0 Å². The molecule has 0 fully saturated rings. The predicted molar refractivity (Wildman–Crippen MR) is 130 cm³/mol. The first-order valence-electron chi connectivity index (χ1n) is 11.7. The van der Waals surface area contributed by atoms with E-state index in [2.05, 4.69) is 25.4 Å². The smallest absolute Gasteiger partial charge is 0.416 e. The third-order valence-electron chi connectivity index (χ3n) is 5.78. The van der Waals surface area contributed by atoms with Crippen molar-refractivity contribution in [1.82, 2.24) is 29.3 Å². The first kappa shape index (κ1) is 25.9.